The van der Waals surface area contributed by atoms with E-state index in [4.69, 9.17) is 20.9 Å². The molecule has 2 aromatic rings. The number of nitrogens with one attached hydrogen (secondary N) is 1. The highest BCUT2D eigenvalue weighted by Crippen LogP contribution is 2.26. The van der Waals surface area contributed by atoms with Gasteiger partial charge in [-0.25, -0.2) is 0 Å². The maximum absolute atomic E-state index is 6.15. The van der Waals surface area contributed by atoms with Gasteiger partial charge in [0, 0.05) is 37.3 Å². The topological polar surface area (TPSA) is 63.4 Å². The van der Waals surface area contributed by atoms with Gasteiger partial charge in [-0.15, -0.1) is 0 Å². The van der Waals surface area contributed by atoms with E-state index in [9.17, 15) is 0 Å². The Bertz CT molecular complexity index is 664. The van der Waals surface area contributed by atoms with Gasteiger partial charge < -0.3 is 14.6 Å². The van der Waals surface area contributed by atoms with Crippen LogP contribution in [0, 0.1) is 0 Å². The van der Waals surface area contributed by atoms with Crippen LogP contribution in [-0.2, 0) is 11.3 Å². The lowest BCUT2D eigenvalue weighted by molar-refractivity contribution is 0.0683. The lowest BCUT2D eigenvalue weighted by Gasteiger charge is -2.35. The number of rotatable bonds is 6. The van der Waals surface area contributed by atoms with Gasteiger partial charge in [-0.3, -0.25) is 4.90 Å². The Morgan fingerprint density at radius 2 is 2.38 bits per heavy atom. The van der Waals surface area contributed by atoms with E-state index in [1.807, 2.05) is 32.0 Å². The summed E-state index contributed by atoms with van der Waals surface area (Å²) in [6.07, 6.45) is -0.153. The van der Waals surface area contributed by atoms with Crippen LogP contribution in [0.2, 0.25) is 5.02 Å². The summed E-state index contributed by atoms with van der Waals surface area (Å²) in [6, 6.07) is 8.23. The van der Waals surface area contributed by atoms with Crippen LogP contribution in [0.5, 0.6) is 0 Å². The Kier molecular flexibility index (Phi) is 5.84. The second kappa shape index (κ2) is 8.07. The van der Waals surface area contributed by atoms with Crippen molar-refractivity contribution in [3.05, 3.63) is 46.6 Å². The summed E-state index contributed by atoms with van der Waals surface area (Å²) in [5.41, 5.74) is 1.19. The number of aromatic nitrogens is 2. The van der Waals surface area contributed by atoms with Crippen LogP contribution in [0.4, 0.5) is 0 Å². The number of piperazine rings is 1. The van der Waals surface area contributed by atoms with E-state index in [1.165, 1.54) is 5.56 Å². The normalized spacial score (nSPS) is 20.2. The molecular formula is C17H23ClN4O2. The molecule has 0 radical (unpaired) electrons. The highest BCUT2D eigenvalue weighted by molar-refractivity contribution is 6.30. The Hall–Kier alpha value is -1.47. The average molecular weight is 351 g/mol. The smallest absolute Gasteiger partial charge is 0.240 e. The molecule has 0 amide bonds. The zero-order valence-electron chi connectivity index (χ0n) is 14.0. The van der Waals surface area contributed by atoms with Crippen LogP contribution in [0.15, 0.2) is 28.8 Å². The van der Waals surface area contributed by atoms with Crippen molar-refractivity contribution in [1.82, 2.24) is 20.4 Å². The summed E-state index contributed by atoms with van der Waals surface area (Å²) in [4.78, 5) is 6.82. The third-order valence-electron chi connectivity index (χ3n) is 4.19. The fourth-order valence-electron chi connectivity index (χ4n) is 2.97. The number of hydrogen-bond donors (Lipinski definition) is 1. The first-order valence-corrected chi connectivity index (χ1v) is 8.69. The molecule has 0 saturated carbocycles. The molecule has 1 aromatic heterocycles. The molecule has 0 spiro atoms. The minimum Gasteiger partial charge on any atom is -0.371 e. The van der Waals surface area contributed by atoms with Gasteiger partial charge in [0.15, 0.2) is 5.82 Å². The average Bonchev–Trinajstić information content (AvgIpc) is 3.04. The lowest BCUT2D eigenvalue weighted by Crippen LogP contribution is -2.45. The first kappa shape index (κ1) is 17.4. The van der Waals surface area contributed by atoms with Crippen LogP contribution < -0.4 is 5.32 Å². The van der Waals surface area contributed by atoms with Crippen LogP contribution in [0.3, 0.4) is 0 Å². The van der Waals surface area contributed by atoms with Gasteiger partial charge in [0.25, 0.3) is 0 Å². The molecule has 1 N–H and O–H groups in total. The highest BCUT2D eigenvalue weighted by atomic mass is 35.5. The molecule has 1 aromatic carbocycles. The van der Waals surface area contributed by atoms with E-state index in [0.717, 1.165) is 24.7 Å². The number of hydrogen-bond acceptors (Lipinski definition) is 6. The van der Waals surface area contributed by atoms with Crippen LogP contribution in [0.1, 0.15) is 43.3 Å². The van der Waals surface area contributed by atoms with Crippen molar-refractivity contribution < 1.29 is 9.26 Å². The molecular weight excluding hydrogens is 328 g/mol. The van der Waals surface area contributed by atoms with E-state index in [-0.39, 0.29) is 12.1 Å². The third-order valence-corrected chi connectivity index (χ3v) is 4.43. The fraction of sp³-hybridized carbons (Fsp3) is 0.529. The van der Waals surface area contributed by atoms with Gasteiger partial charge in [0.2, 0.25) is 5.89 Å². The Morgan fingerprint density at radius 3 is 3.17 bits per heavy atom. The summed E-state index contributed by atoms with van der Waals surface area (Å²) in [5.74, 6) is 1.21. The number of ether oxygens (including phenoxy) is 1. The Labute approximate surface area is 147 Å². The Balaban J connectivity index is 1.72. The molecule has 6 nitrogen and oxygen atoms in total. The van der Waals surface area contributed by atoms with Crippen molar-refractivity contribution in [1.29, 1.82) is 0 Å². The first-order valence-electron chi connectivity index (χ1n) is 8.31. The zero-order valence-corrected chi connectivity index (χ0v) is 14.8. The SMILES string of the molecule is CCOC(C)c1noc(CN2CCNCC2c2cccc(Cl)c2)n1. The van der Waals surface area contributed by atoms with Crippen molar-refractivity contribution in [2.24, 2.45) is 0 Å². The van der Waals surface area contributed by atoms with E-state index >= 15 is 0 Å². The van der Waals surface area contributed by atoms with E-state index < -0.39 is 0 Å². The second-order valence-electron chi connectivity index (χ2n) is 5.89. The Morgan fingerprint density at radius 1 is 1.50 bits per heavy atom. The minimum atomic E-state index is -0.153. The first-order chi connectivity index (χ1) is 11.7. The van der Waals surface area contributed by atoms with Crippen LogP contribution in [0.25, 0.3) is 0 Å². The zero-order chi connectivity index (χ0) is 16.9. The van der Waals surface area contributed by atoms with Gasteiger partial charge in [-0.2, -0.15) is 4.98 Å². The standard InChI is InChI=1S/C17H23ClN4O2/c1-3-23-12(2)17-20-16(24-21-17)11-22-8-7-19-10-15(22)13-5-4-6-14(18)9-13/h4-6,9,12,15,19H,3,7-8,10-11H2,1-2H3. The second-order valence-corrected chi connectivity index (χ2v) is 6.33. The minimum absolute atomic E-state index is 0.153. The largest absolute Gasteiger partial charge is 0.371 e. The van der Waals surface area contributed by atoms with E-state index in [0.29, 0.717) is 24.9 Å². The predicted octanol–water partition coefficient (Wildman–Crippen LogP) is 2.97. The highest BCUT2D eigenvalue weighted by Gasteiger charge is 2.26. The molecule has 2 unspecified atom stereocenters. The van der Waals surface area contributed by atoms with Crippen molar-refractivity contribution >= 4 is 11.6 Å². The fourth-order valence-corrected chi connectivity index (χ4v) is 3.17. The maximum atomic E-state index is 6.15. The summed E-state index contributed by atoms with van der Waals surface area (Å²) >= 11 is 6.15. The van der Waals surface area contributed by atoms with Crippen molar-refractivity contribution in [2.75, 3.05) is 26.2 Å². The molecule has 3 rings (SSSR count). The quantitative estimate of drug-likeness (QED) is 0.864. The van der Waals surface area contributed by atoms with Gasteiger partial charge >= 0.3 is 0 Å². The summed E-state index contributed by atoms with van der Waals surface area (Å²) in [7, 11) is 0. The van der Waals surface area contributed by atoms with Crippen molar-refractivity contribution in [2.45, 2.75) is 32.5 Å². The molecule has 130 valence electrons. The van der Waals surface area contributed by atoms with Gasteiger partial charge in [0.05, 0.1) is 6.54 Å². The van der Waals surface area contributed by atoms with Crippen molar-refractivity contribution in [3.63, 3.8) is 0 Å². The number of halogens is 1. The monoisotopic (exact) mass is 350 g/mol. The molecule has 1 aliphatic heterocycles. The molecule has 1 saturated heterocycles. The molecule has 0 bridgehead atoms. The maximum Gasteiger partial charge on any atom is 0.240 e. The molecule has 2 atom stereocenters. The molecule has 24 heavy (non-hydrogen) atoms. The summed E-state index contributed by atoms with van der Waals surface area (Å²) < 4.78 is 10.9. The third kappa shape index (κ3) is 4.13. The molecule has 0 aliphatic carbocycles. The van der Waals surface area contributed by atoms with Gasteiger partial charge in [-0.05, 0) is 31.5 Å². The number of benzene rings is 1. The van der Waals surface area contributed by atoms with E-state index in [2.05, 4.69) is 26.4 Å². The molecule has 7 heteroatoms. The van der Waals surface area contributed by atoms with Gasteiger partial charge in [-0.1, -0.05) is 28.9 Å². The van der Waals surface area contributed by atoms with Crippen molar-refractivity contribution in [3.8, 4) is 0 Å². The summed E-state index contributed by atoms with van der Waals surface area (Å²) in [6.45, 7) is 7.84. The van der Waals surface area contributed by atoms with Crippen LogP contribution >= 0.6 is 11.6 Å². The molecule has 1 fully saturated rings. The summed E-state index contributed by atoms with van der Waals surface area (Å²) in [5, 5.41) is 8.23. The van der Waals surface area contributed by atoms with Crippen LogP contribution in [-0.4, -0.2) is 41.3 Å². The lowest BCUT2D eigenvalue weighted by atomic mass is 10.0. The molecule has 2 heterocycles. The number of nitrogens with zero attached hydrogens (tertiary/aromatic N) is 3. The predicted molar refractivity (Wildman–Crippen MR) is 91.8 cm³/mol. The molecule has 1 aliphatic rings. The van der Waals surface area contributed by atoms with Gasteiger partial charge in [0.1, 0.15) is 6.10 Å². The van der Waals surface area contributed by atoms with E-state index in [1.54, 1.807) is 0 Å².